The summed E-state index contributed by atoms with van der Waals surface area (Å²) < 4.78 is 671. The van der Waals surface area contributed by atoms with Crippen molar-refractivity contribution in [2.75, 3.05) is 0 Å². The Balaban J connectivity index is 8.50. The molecule has 0 radical (unpaired) electrons. The summed E-state index contributed by atoms with van der Waals surface area (Å²) in [6.45, 7) is 0. The number of rotatable bonds is 21. The van der Waals surface area contributed by atoms with Gasteiger partial charge in [-0.2, -0.15) is 206 Å². The number of hydrogen-bond donors (Lipinski definition) is 0. The van der Waals surface area contributed by atoms with E-state index in [0.29, 0.717) is 23.7 Å². The van der Waals surface area contributed by atoms with Crippen LogP contribution in [0, 0.1) is 0 Å². The normalized spacial score (nSPS) is 21.0. The molecular formula is C24HF49O7. The smallest absolute Gasteiger partial charge is 0.272 e. The van der Waals surface area contributed by atoms with Crippen LogP contribution in [0.15, 0.2) is 0 Å². The molecule has 0 N–H and O–H groups in total. The Morgan fingerprint density at radius 1 is 0.175 bits per heavy atom. The highest BCUT2D eigenvalue weighted by Gasteiger charge is 2.94. The Labute approximate surface area is 395 Å². The maximum atomic E-state index is 14.9. The molecule has 0 fully saturated rings. The fourth-order valence-corrected chi connectivity index (χ4v) is 3.92. The highest BCUT2D eigenvalue weighted by molar-refractivity contribution is 5.05. The van der Waals surface area contributed by atoms with Crippen molar-refractivity contribution in [3.8, 4) is 0 Å². The van der Waals surface area contributed by atoms with E-state index in [4.69, 9.17) is 0 Å². The monoisotopic (exact) mass is 1330 g/mol. The van der Waals surface area contributed by atoms with E-state index in [-0.39, 0.29) is 0 Å². The molecule has 56 heteroatoms. The van der Waals surface area contributed by atoms with Gasteiger partial charge in [0.25, 0.3) is 6.36 Å². The average Bonchev–Trinajstić information content (AvgIpc) is 3.11. The van der Waals surface area contributed by atoms with Gasteiger partial charge in [-0.3, -0.25) is 33.2 Å². The van der Waals surface area contributed by atoms with Gasteiger partial charge in [-0.15, -0.1) is 0 Å². The fourth-order valence-electron chi connectivity index (χ4n) is 3.92. The van der Waals surface area contributed by atoms with Gasteiger partial charge in [0.1, 0.15) is 0 Å². The minimum Gasteiger partial charge on any atom is -0.272 e. The van der Waals surface area contributed by atoms with Crippen molar-refractivity contribution in [1.29, 1.82) is 0 Å². The summed E-state index contributed by atoms with van der Waals surface area (Å²) in [5, 5.41) is 0. The second-order valence-electron chi connectivity index (χ2n) is 13.4. The molecule has 0 aliphatic rings. The Bertz CT molecular complexity index is 2110. The van der Waals surface area contributed by atoms with Gasteiger partial charge in [0, 0.05) is 0 Å². The van der Waals surface area contributed by atoms with Crippen LogP contribution in [0.25, 0.3) is 0 Å². The second-order valence-corrected chi connectivity index (χ2v) is 13.4. The third-order valence-corrected chi connectivity index (χ3v) is 7.74. The molecule has 80 heavy (non-hydrogen) atoms. The van der Waals surface area contributed by atoms with Gasteiger partial charge in [-0.1, -0.05) is 0 Å². The molecule has 0 aliphatic heterocycles. The van der Waals surface area contributed by atoms with Gasteiger partial charge in [0.05, 0.1) is 0 Å². The SMILES string of the molecule is FC(OC(F)(F)C(F)(OC(F)(F)C(F)(OC(F)(F)C(F)(OC(F)(F)C(F)(OC(F)(F)C(F)(OC(F)(F)C(F)(OC(F)(F)C(F)(C(F)(F)F)C(F)(F)F)C(F)(F)F)C(F)(F)F)C(F)(F)F)C(F)(F)F)C(F)(F)F)C(F)(F)F)C(F)(F)F. The molecular weight excluding hydrogens is 1330 g/mol. The lowest BCUT2D eigenvalue weighted by Gasteiger charge is -2.45. The first kappa shape index (κ1) is 76.3. The van der Waals surface area contributed by atoms with E-state index < -0.39 is 146 Å². The van der Waals surface area contributed by atoms with Crippen molar-refractivity contribution in [3.63, 3.8) is 0 Å². The van der Waals surface area contributed by atoms with Crippen LogP contribution in [0.4, 0.5) is 215 Å². The number of hydrogen-bond acceptors (Lipinski definition) is 7. The van der Waals surface area contributed by atoms with E-state index in [1.54, 1.807) is 0 Å². The molecule has 0 aromatic rings. The van der Waals surface area contributed by atoms with E-state index in [1.807, 2.05) is 0 Å². The largest absolute Gasteiger partial charge is 0.458 e. The molecule has 0 aliphatic carbocycles. The van der Waals surface area contributed by atoms with Crippen LogP contribution < -0.4 is 0 Å². The summed E-state index contributed by atoms with van der Waals surface area (Å²) in [6.07, 6.45) is -156. The summed E-state index contributed by atoms with van der Waals surface area (Å²) in [4.78, 5) is 0. The number of halogens is 49. The van der Waals surface area contributed by atoms with E-state index in [9.17, 15) is 215 Å². The predicted octanol–water partition coefficient (Wildman–Crippen LogP) is 15.3. The van der Waals surface area contributed by atoms with Crippen LogP contribution in [0.1, 0.15) is 0 Å². The molecule has 482 valence electrons. The van der Waals surface area contributed by atoms with Crippen molar-refractivity contribution < 1.29 is 248 Å². The first-order valence-electron chi connectivity index (χ1n) is 16.2. The summed E-state index contributed by atoms with van der Waals surface area (Å²) >= 11 is 0. The summed E-state index contributed by atoms with van der Waals surface area (Å²) in [5.41, 5.74) is -9.29. The molecule has 0 rings (SSSR count). The number of ether oxygens (including phenoxy) is 7. The van der Waals surface area contributed by atoms with Crippen LogP contribution >= 0.6 is 0 Å². The van der Waals surface area contributed by atoms with Crippen molar-refractivity contribution in [2.24, 2.45) is 0 Å². The van der Waals surface area contributed by atoms with Crippen molar-refractivity contribution in [1.82, 2.24) is 0 Å². The van der Waals surface area contributed by atoms with Gasteiger partial charge < -0.3 is 0 Å². The zero-order valence-electron chi connectivity index (χ0n) is 33.5. The summed E-state index contributed by atoms with van der Waals surface area (Å²) in [6, 6.07) is 0. The highest BCUT2D eigenvalue weighted by Crippen LogP contribution is 2.65. The van der Waals surface area contributed by atoms with Crippen molar-refractivity contribution in [2.45, 2.75) is 146 Å². The standard InChI is InChI=1S/C24HF49O7/c25-1(2(26,27)28)74-19(62,63)4(30,12(42,43)44)76-21(66,67)6(32,14(48,49)50)78-23(70,71)8(34,16(54,55)56)80-24(72,73)9(35,17(57,58)59)79-22(68,69)7(33,15(51,52)53)77-20(64,65)5(31,13(45,46)47)75-18(60,61)3(29,10(36,37)38)11(39,40)41/h1H. The Hall–Kier alpha value is -3.71. The van der Waals surface area contributed by atoms with Crippen LogP contribution in [-0.2, 0) is 33.2 Å². The Morgan fingerprint density at radius 2 is 0.312 bits per heavy atom. The minimum absolute atomic E-state index is 0.437. The zero-order valence-corrected chi connectivity index (χ0v) is 33.5. The predicted molar refractivity (Wildman–Crippen MR) is 128 cm³/mol. The minimum atomic E-state index is -10.2. The van der Waals surface area contributed by atoms with Gasteiger partial charge in [0.2, 0.25) is 0 Å². The van der Waals surface area contributed by atoms with E-state index in [2.05, 4.69) is 0 Å². The lowest BCUT2D eigenvalue weighted by atomic mass is 10.0. The van der Waals surface area contributed by atoms with Crippen molar-refractivity contribution in [3.05, 3.63) is 0 Å². The molecule has 0 aromatic heterocycles. The molecule has 7 atom stereocenters. The topological polar surface area (TPSA) is 64.6 Å². The molecule has 0 bridgehead atoms. The molecule has 0 saturated heterocycles. The van der Waals surface area contributed by atoms with E-state index >= 15 is 0 Å². The quantitative estimate of drug-likeness (QED) is 0.106. The van der Waals surface area contributed by atoms with Gasteiger partial charge in [-0.25, -0.2) is 8.78 Å². The fraction of sp³-hybridized carbons (Fsp3) is 1.00. The third kappa shape index (κ3) is 12.6. The maximum absolute atomic E-state index is 14.9. The maximum Gasteiger partial charge on any atom is 0.458 e. The lowest BCUT2D eigenvalue weighted by molar-refractivity contribution is -0.608. The summed E-state index contributed by atoms with van der Waals surface area (Å²) in [5.74, 6) is -59.0. The average molecular weight is 1330 g/mol. The van der Waals surface area contributed by atoms with Gasteiger partial charge in [-0.05, 0) is 0 Å². The molecule has 0 spiro atoms. The first-order valence-corrected chi connectivity index (χ1v) is 16.2. The molecule has 7 unspecified atom stereocenters. The first-order chi connectivity index (χ1) is 33.6. The van der Waals surface area contributed by atoms with Crippen LogP contribution in [0.2, 0.25) is 0 Å². The number of alkyl halides is 49. The second kappa shape index (κ2) is 20.0. The third-order valence-electron chi connectivity index (χ3n) is 7.74. The summed E-state index contributed by atoms with van der Waals surface area (Å²) in [7, 11) is 0. The molecule has 0 saturated carbocycles. The Kier molecular flexibility index (Phi) is 19.0. The van der Waals surface area contributed by atoms with Gasteiger partial charge in [0.15, 0.2) is 0 Å². The molecule has 0 aromatic carbocycles. The highest BCUT2D eigenvalue weighted by atomic mass is 19.5. The van der Waals surface area contributed by atoms with Crippen LogP contribution in [0.3, 0.4) is 0 Å². The van der Waals surface area contributed by atoms with E-state index in [0.717, 1.165) is 4.74 Å². The molecule has 7 nitrogen and oxygen atoms in total. The Morgan fingerprint density at radius 3 is 0.438 bits per heavy atom. The zero-order chi connectivity index (χ0) is 66.0. The van der Waals surface area contributed by atoms with Crippen LogP contribution in [-0.4, -0.2) is 146 Å². The van der Waals surface area contributed by atoms with Crippen molar-refractivity contribution >= 4 is 0 Å². The van der Waals surface area contributed by atoms with E-state index in [1.165, 1.54) is 4.74 Å². The lowest BCUT2D eigenvalue weighted by Crippen LogP contribution is -2.74. The van der Waals surface area contributed by atoms with Crippen LogP contribution in [0.5, 0.6) is 0 Å². The molecule has 0 amide bonds. The molecule has 0 heterocycles. The van der Waals surface area contributed by atoms with Gasteiger partial charge >= 0.3 is 139 Å².